The molecule has 0 aliphatic rings. The molecule has 0 spiro atoms. The molecule has 2 N–H and O–H groups in total. The van der Waals surface area contributed by atoms with Gasteiger partial charge in [0.1, 0.15) is 6.04 Å². The minimum absolute atomic E-state index is 0.114. The lowest BCUT2D eigenvalue weighted by atomic mass is 10.0. The molecular formula is C16H17N3O4S. The predicted octanol–water partition coefficient (Wildman–Crippen LogP) is 3.05. The van der Waals surface area contributed by atoms with Gasteiger partial charge in [-0.05, 0) is 23.4 Å². The second-order valence-corrected chi connectivity index (χ2v) is 6.42. The topological polar surface area (TPSA) is 101 Å². The Labute approximate surface area is 142 Å². The van der Waals surface area contributed by atoms with Gasteiger partial charge in [0.05, 0.1) is 9.80 Å². The molecule has 1 atom stereocenters. The van der Waals surface area contributed by atoms with Gasteiger partial charge in [-0.2, -0.15) is 0 Å². The van der Waals surface area contributed by atoms with E-state index in [0.29, 0.717) is 10.6 Å². The first-order chi connectivity index (χ1) is 11.4. The zero-order valence-electron chi connectivity index (χ0n) is 13.2. The first-order valence-corrected chi connectivity index (χ1v) is 8.16. The third-order valence-corrected chi connectivity index (χ3v) is 4.17. The van der Waals surface area contributed by atoms with Crippen LogP contribution in [0.3, 0.4) is 0 Å². The lowest BCUT2D eigenvalue weighted by Gasteiger charge is -2.21. The second kappa shape index (κ2) is 7.69. The van der Waals surface area contributed by atoms with E-state index in [1.807, 2.05) is 13.8 Å². The highest BCUT2D eigenvalue weighted by Crippen LogP contribution is 2.18. The van der Waals surface area contributed by atoms with Crippen LogP contribution in [-0.4, -0.2) is 22.8 Å². The van der Waals surface area contributed by atoms with E-state index in [9.17, 15) is 19.7 Å². The average molecular weight is 347 g/mol. The van der Waals surface area contributed by atoms with Gasteiger partial charge >= 0.3 is 0 Å². The highest BCUT2D eigenvalue weighted by Gasteiger charge is 2.25. The van der Waals surface area contributed by atoms with Crippen LogP contribution in [0.5, 0.6) is 0 Å². The van der Waals surface area contributed by atoms with E-state index in [0.717, 1.165) is 0 Å². The molecule has 2 aromatic rings. The number of nitro benzene ring substituents is 1. The summed E-state index contributed by atoms with van der Waals surface area (Å²) in [5.41, 5.74) is 0.196. The average Bonchev–Trinajstić information content (AvgIpc) is 3.06. The highest BCUT2D eigenvalue weighted by molar-refractivity contribution is 7.12. The van der Waals surface area contributed by atoms with Crippen LogP contribution in [0.15, 0.2) is 41.8 Å². The Balaban J connectivity index is 2.10. The molecule has 0 aliphatic heterocycles. The summed E-state index contributed by atoms with van der Waals surface area (Å²) >= 11 is 1.29. The molecule has 0 saturated carbocycles. The Morgan fingerprint density at radius 3 is 2.54 bits per heavy atom. The van der Waals surface area contributed by atoms with E-state index in [1.54, 1.807) is 23.6 Å². The fourth-order valence-corrected chi connectivity index (χ4v) is 2.70. The molecule has 0 aliphatic carbocycles. The van der Waals surface area contributed by atoms with Crippen LogP contribution in [0.25, 0.3) is 0 Å². The summed E-state index contributed by atoms with van der Waals surface area (Å²) in [6, 6.07) is 8.35. The molecular weight excluding hydrogens is 330 g/mol. The molecule has 0 saturated heterocycles. The van der Waals surface area contributed by atoms with Gasteiger partial charge in [-0.25, -0.2) is 0 Å². The minimum Gasteiger partial charge on any atom is -0.339 e. The second-order valence-electron chi connectivity index (χ2n) is 5.47. The molecule has 1 aromatic heterocycles. The maximum atomic E-state index is 12.4. The summed E-state index contributed by atoms with van der Waals surface area (Å²) < 4.78 is 0. The number of nitrogens with zero attached hydrogens (tertiary/aromatic N) is 1. The van der Waals surface area contributed by atoms with Gasteiger partial charge in [0.25, 0.3) is 11.6 Å². The molecule has 7 nitrogen and oxygen atoms in total. The predicted molar refractivity (Wildman–Crippen MR) is 92.1 cm³/mol. The van der Waals surface area contributed by atoms with E-state index in [4.69, 9.17) is 0 Å². The van der Waals surface area contributed by atoms with Crippen molar-refractivity contribution in [3.8, 4) is 0 Å². The molecule has 2 amide bonds. The van der Waals surface area contributed by atoms with E-state index in [2.05, 4.69) is 10.6 Å². The highest BCUT2D eigenvalue weighted by atomic mass is 32.1. The molecule has 1 aromatic carbocycles. The summed E-state index contributed by atoms with van der Waals surface area (Å²) in [6.45, 7) is 3.62. The molecule has 8 heteroatoms. The largest absolute Gasteiger partial charge is 0.339 e. The van der Waals surface area contributed by atoms with Gasteiger partial charge in [-0.15, -0.1) is 11.3 Å². The fraction of sp³-hybridized carbons (Fsp3) is 0.250. The monoisotopic (exact) mass is 347 g/mol. The van der Waals surface area contributed by atoms with E-state index < -0.39 is 16.9 Å². The summed E-state index contributed by atoms with van der Waals surface area (Å²) in [5.74, 6) is -0.888. The standard InChI is InChI=1S/C16H17N3O4S/c1-10(2)14(18-15(20)13-7-4-8-24-13)16(21)17-11-5-3-6-12(9-11)19(22)23/h3-10,14H,1-2H3,(H,17,21)(H,18,20). The summed E-state index contributed by atoms with van der Waals surface area (Å²) in [5, 5.41) is 17.9. The quantitative estimate of drug-likeness (QED) is 0.619. The van der Waals surface area contributed by atoms with Gasteiger partial charge in [-0.1, -0.05) is 26.0 Å². The van der Waals surface area contributed by atoms with Crippen molar-refractivity contribution in [3.05, 3.63) is 56.8 Å². The molecule has 1 unspecified atom stereocenters. The van der Waals surface area contributed by atoms with Crippen LogP contribution in [0, 0.1) is 16.0 Å². The number of carbonyl (C=O) groups excluding carboxylic acids is 2. The van der Waals surface area contributed by atoms with Gasteiger partial charge in [0.15, 0.2) is 0 Å². The van der Waals surface area contributed by atoms with Crippen LogP contribution < -0.4 is 10.6 Å². The van der Waals surface area contributed by atoms with E-state index >= 15 is 0 Å². The molecule has 0 bridgehead atoms. The Morgan fingerprint density at radius 1 is 1.21 bits per heavy atom. The lowest BCUT2D eigenvalue weighted by molar-refractivity contribution is -0.384. The van der Waals surface area contributed by atoms with E-state index in [-0.39, 0.29) is 17.5 Å². The van der Waals surface area contributed by atoms with Crippen molar-refractivity contribution in [1.29, 1.82) is 0 Å². The fourth-order valence-electron chi connectivity index (χ4n) is 2.07. The van der Waals surface area contributed by atoms with E-state index in [1.165, 1.54) is 29.5 Å². The molecule has 0 radical (unpaired) electrons. The normalized spacial score (nSPS) is 11.8. The number of amides is 2. The van der Waals surface area contributed by atoms with Crippen LogP contribution in [0.1, 0.15) is 23.5 Å². The van der Waals surface area contributed by atoms with Crippen LogP contribution in [-0.2, 0) is 4.79 Å². The van der Waals surface area contributed by atoms with Crippen molar-refractivity contribution < 1.29 is 14.5 Å². The zero-order chi connectivity index (χ0) is 17.7. The Bertz CT molecular complexity index is 744. The molecule has 126 valence electrons. The maximum absolute atomic E-state index is 12.4. The number of rotatable bonds is 6. The summed E-state index contributed by atoms with van der Waals surface area (Å²) in [4.78, 5) is 35.4. The first-order valence-electron chi connectivity index (χ1n) is 7.28. The van der Waals surface area contributed by atoms with Crippen molar-refractivity contribution >= 4 is 34.5 Å². The first kappa shape index (κ1) is 17.6. The molecule has 1 heterocycles. The number of anilines is 1. The number of non-ortho nitro benzene ring substituents is 1. The lowest BCUT2D eigenvalue weighted by Crippen LogP contribution is -2.46. The SMILES string of the molecule is CC(C)C(NC(=O)c1cccs1)C(=O)Nc1cccc([N+](=O)[O-])c1. The number of thiophene rings is 1. The molecule has 24 heavy (non-hydrogen) atoms. The van der Waals surface area contributed by atoms with Gasteiger partial charge < -0.3 is 10.6 Å². The van der Waals surface area contributed by atoms with Crippen molar-refractivity contribution in [3.63, 3.8) is 0 Å². The molecule has 0 fully saturated rings. The third kappa shape index (κ3) is 4.39. The Hall–Kier alpha value is -2.74. The summed E-state index contributed by atoms with van der Waals surface area (Å²) in [6.07, 6.45) is 0. The Morgan fingerprint density at radius 2 is 1.96 bits per heavy atom. The minimum atomic E-state index is -0.751. The van der Waals surface area contributed by atoms with Crippen LogP contribution in [0.2, 0.25) is 0 Å². The Kier molecular flexibility index (Phi) is 5.64. The zero-order valence-corrected chi connectivity index (χ0v) is 14.0. The van der Waals surface area contributed by atoms with Crippen molar-refractivity contribution in [1.82, 2.24) is 5.32 Å². The van der Waals surface area contributed by atoms with Crippen LogP contribution in [0.4, 0.5) is 11.4 Å². The van der Waals surface area contributed by atoms with Gasteiger partial charge in [-0.3, -0.25) is 19.7 Å². The number of hydrogen-bond donors (Lipinski definition) is 2. The number of hydrogen-bond acceptors (Lipinski definition) is 5. The van der Waals surface area contributed by atoms with Crippen molar-refractivity contribution in [2.45, 2.75) is 19.9 Å². The van der Waals surface area contributed by atoms with Gasteiger partial charge in [0.2, 0.25) is 5.91 Å². The van der Waals surface area contributed by atoms with Gasteiger partial charge in [0, 0.05) is 17.8 Å². The van der Waals surface area contributed by atoms with Crippen molar-refractivity contribution in [2.75, 3.05) is 5.32 Å². The summed E-state index contributed by atoms with van der Waals surface area (Å²) in [7, 11) is 0. The number of nitrogens with one attached hydrogen (secondary N) is 2. The number of nitro groups is 1. The van der Waals surface area contributed by atoms with Crippen LogP contribution >= 0.6 is 11.3 Å². The number of carbonyl (C=O) groups is 2. The maximum Gasteiger partial charge on any atom is 0.271 e. The van der Waals surface area contributed by atoms with Crippen molar-refractivity contribution in [2.24, 2.45) is 5.92 Å². The smallest absolute Gasteiger partial charge is 0.271 e. The third-order valence-electron chi connectivity index (χ3n) is 3.31. The molecule has 2 rings (SSSR count). The number of benzene rings is 1.